The zero-order chi connectivity index (χ0) is 23.4. The quantitative estimate of drug-likeness (QED) is 0.497. The summed E-state index contributed by atoms with van der Waals surface area (Å²) in [6.07, 6.45) is 7.97. The minimum absolute atomic E-state index is 0.00560. The third kappa shape index (κ3) is 5.71. The average Bonchev–Trinajstić information content (AvgIpc) is 3.33. The molecule has 6 nitrogen and oxygen atoms in total. The molecule has 0 amide bonds. The SMILES string of the molecule is COc1ccc(CC(C)OCC2[C@H]3CC(=O)C[C@H]3C[C@H]2OC(=O)C2CCCCC2)cc1OC. The van der Waals surface area contributed by atoms with Crippen LogP contribution in [0.25, 0.3) is 0 Å². The lowest BCUT2D eigenvalue weighted by Crippen LogP contribution is -2.33. The second-order valence-electron chi connectivity index (χ2n) is 10.1. The summed E-state index contributed by atoms with van der Waals surface area (Å²) in [5.41, 5.74) is 1.11. The zero-order valence-corrected chi connectivity index (χ0v) is 20.2. The molecule has 0 spiro atoms. The Morgan fingerprint density at radius 3 is 2.55 bits per heavy atom. The predicted octanol–water partition coefficient (Wildman–Crippen LogP) is 4.76. The number of hydrogen-bond acceptors (Lipinski definition) is 6. The summed E-state index contributed by atoms with van der Waals surface area (Å²) in [4.78, 5) is 24.9. The van der Waals surface area contributed by atoms with Crippen molar-refractivity contribution in [1.29, 1.82) is 0 Å². The molecule has 6 heteroatoms. The minimum atomic E-state index is -0.129. The van der Waals surface area contributed by atoms with Crippen molar-refractivity contribution in [3.8, 4) is 11.5 Å². The van der Waals surface area contributed by atoms with Gasteiger partial charge < -0.3 is 18.9 Å². The molecule has 33 heavy (non-hydrogen) atoms. The fourth-order valence-corrected chi connectivity index (χ4v) is 6.09. The van der Waals surface area contributed by atoms with E-state index >= 15 is 0 Å². The molecular formula is C27H38O6. The van der Waals surface area contributed by atoms with E-state index < -0.39 is 0 Å². The van der Waals surface area contributed by atoms with Gasteiger partial charge in [-0.2, -0.15) is 0 Å². The first-order chi connectivity index (χ1) is 16.0. The second-order valence-corrected chi connectivity index (χ2v) is 10.1. The van der Waals surface area contributed by atoms with E-state index in [0.717, 1.165) is 44.1 Å². The molecule has 0 N–H and O–H groups in total. The van der Waals surface area contributed by atoms with Gasteiger partial charge >= 0.3 is 5.97 Å². The van der Waals surface area contributed by atoms with Gasteiger partial charge in [-0.05, 0) is 62.1 Å². The van der Waals surface area contributed by atoms with Gasteiger partial charge in [0.15, 0.2) is 11.5 Å². The summed E-state index contributed by atoms with van der Waals surface area (Å²) < 4.78 is 23.1. The molecule has 3 aliphatic carbocycles. The van der Waals surface area contributed by atoms with E-state index in [1.165, 1.54) is 6.42 Å². The number of esters is 1. The van der Waals surface area contributed by atoms with Crippen LogP contribution in [-0.2, 0) is 25.5 Å². The van der Waals surface area contributed by atoms with Crippen molar-refractivity contribution in [2.75, 3.05) is 20.8 Å². The van der Waals surface area contributed by atoms with Crippen LogP contribution in [0, 0.1) is 23.7 Å². The van der Waals surface area contributed by atoms with Crippen molar-refractivity contribution in [2.24, 2.45) is 23.7 Å². The highest BCUT2D eigenvalue weighted by atomic mass is 16.5. The predicted molar refractivity (Wildman–Crippen MR) is 124 cm³/mol. The van der Waals surface area contributed by atoms with E-state index in [2.05, 4.69) is 6.92 Å². The van der Waals surface area contributed by atoms with E-state index in [1.54, 1.807) is 14.2 Å². The molecule has 0 aliphatic heterocycles. The number of rotatable bonds is 9. The highest BCUT2D eigenvalue weighted by Crippen LogP contribution is 2.48. The van der Waals surface area contributed by atoms with Crippen LogP contribution in [0.15, 0.2) is 18.2 Å². The van der Waals surface area contributed by atoms with Crippen molar-refractivity contribution >= 4 is 11.8 Å². The first-order valence-corrected chi connectivity index (χ1v) is 12.5. The molecule has 1 aromatic rings. The summed E-state index contributed by atoms with van der Waals surface area (Å²) in [6, 6.07) is 5.92. The van der Waals surface area contributed by atoms with Gasteiger partial charge in [-0.3, -0.25) is 9.59 Å². The van der Waals surface area contributed by atoms with Gasteiger partial charge in [0, 0.05) is 18.8 Å². The molecule has 182 valence electrons. The molecule has 3 aliphatic rings. The first kappa shape index (κ1) is 24.1. The number of hydrogen-bond donors (Lipinski definition) is 0. The number of carbonyl (C=O) groups excluding carboxylic acids is 2. The second kappa shape index (κ2) is 10.9. The molecule has 1 aromatic carbocycles. The molecule has 0 radical (unpaired) electrons. The summed E-state index contributed by atoms with van der Waals surface area (Å²) in [7, 11) is 3.26. The fourth-order valence-electron chi connectivity index (χ4n) is 6.09. The highest BCUT2D eigenvalue weighted by molar-refractivity contribution is 5.81. The molecule has 0 heterocycles. The lowest BCUT2D eigenvalue weighted by Gasteiger charge is -2.28. The number of ketones is 1. The molecule has 3 fully saturated rings. The van der Waals surface area contributed by atoms with Crippen LogP contribution < -0.4 is 9.47 Å². The Morgan fingerprint density at radius 2 is 1.82 bits per heavy atom. The lowest BCUT2D eigenvalue weighted by atomic mass is 9.89. The molecule has 4 rings (SSSR count). The van der Waals surface area contributed by atoms with Crippen LogP contribution in [0.1, 0.15) is 63.9 Å². The summed E-state index contributed by atoms with van der Waals surface area (Å²) in [5, 5.41) is 0. The average molecular weight is 459 g/mol. The number of carbonyl (C=O) groups is 2. The van der Waals surface area contributed by atoms with E-state index in [1.807, 2.05) is 18.2 Å². The van der Waals surface area contributed by atoms with Crippen molar-refractivity contribution < 1.29 is 28.5 Å². The Hall–Kier alpha value is -2.08. The van der Waals surface area contributed by atoms with Gasteiger partial charge in [-0.1, -0.05) is 25.3 Å². The maximum absolute atomic E-state index is 12.8. The van der Waals surface area contributed by atoms with E-state index in [9.17, 15) is 9.59 Å². The molecule has 0 bridgehead atoms. The molecule has 0 aromatic heterocycles. The zero-order valence-electron chi connectivity index (χ0n) is 20.2. The topological polar surface area (TPSA) is 71.1 Å². The van der Waals surface area contributed by atoms with Gasteiger partial charge in [-0.15, -0.1) is 0 Å². The van der Waals surface area contributed by atoms with Gasteiger partial charge in [0.25, 0.3) is 0 Å². The number of benzene rings is 1. The number of methoxy groups -OCH3 is 2. The standard InChI is InChI=1S/C27H38O6/c1-17(11-18-9-10-24(30-2)26(12-18)31-3)32-16-23-22-15-21(28)13-20(22)14-25(23)33-27(29)19-7-5-4-6-8-19/h9-10,12,17,19-20,22-23,25H,4-8,11,13-16H2,1-3H3/t17?,20-,22-,23?,25+/m0/s1. The van der Waals surface area contributed by atoms with Gasteiger partial charge in [0.1, 0.15) is 11.9 Å². The molecule has 2 unspecified atom stereocenters. The largest absolute Gasteiger partial charge is 0.493 e. The van der Waals surface area contributed by atoms with Crippen LogP contribution >= 0.6 is 0 Å². The first-order valence-electron chi connectivity index (χ1n) is 12.5. The van der Waals surface area contributed by atoms with Gasteiger partial charge in [0.05, 0.1) is 32.8 Å². The lowest BCUT2D eigenvalue weighted by molar-refractivity contribution is -0.159. The molecule has 0 saturated heterocycles. The van der Waals surface area contributed by atoms with Crippen molar-refractivity contribution in [1.82, 2.24) is 0 Å². The Bertz CT molecular complexity index is 830. The van der Waals surface area contributed by atoms with Crippen molar-refractivity contribution in [2.45, 2.75) is 76.9 Å². The fraction of sp³-hybridized carbons (Fsp3) is 0.704. The van der Waals surface area contributed by atoms with Crippen LogP contribution in [0.4, 0.5) is 0 Å². The van der Waals surface area contributed by atoms with Crippen LogP contribution in [0.5, 0.6) is 11.5 Å². The summed E-state index contributed by atoms with van der Waals surface area (Å²) in [5.74, 6) is 2.47. The van der Waals surface area contributed by atoms with E-state index in [0.29, 0.717) is 42.6 Å². The minimum Gasteiger partial charge on any atom is -0.493 e. The number of Topliss-reactive ketones (excluding diaryl/α,β-unsaturated/α-hetero) is 1. The Kier molecular flexibility index (Phi) is 7.94. The van der Waals surface area contributed by atoms with Gasteiger partial charge in [-0.25, -0.2) is 0 Å². The monoisotopic (exact) mass is 458 g/mol. The summed E-state index contributed by atoms with van der Waals surface area (Å²) in [6.45, 7) is 2.58. The van der Waals surface area contributed by atoms with Crippen molar-refractivity contribution in [3.05, 3.63) is 23.8 Å². The third-order valence-electron chi connectivity index (χ3n) is 7.87. The summed E-state index contributed by atoms with van der Waals surface area (Å²) >= 11 is 0. The third-order valence-corrected chi connectivity index (χ3v) is 7.87. The number of fused-ring (bicyclic) bond motifs is 1. The van der Waals surface area contributed by atoms with Crippen LogP contribution in [0.2, 0.25) is 0 Å². The highest BCUT2D eigenvalue weighted by Gasteiger charge is 2.50. The molecule has 5 atom stereocenters. The van der Waals surface area contributed by atoms with Crippen molar-refractivity contribution in [3.63, 3.8) is 0 Å². The molecular weight excluding hydrogens is 420 g/mol. The van der Waals surface area contributed by atoms with E-state index in [-0.39, 0.29) is 35.9 Å². The maximum atomic E-state index is 12.8. The maximum Gasteiger partial charge on any atom is 0.309 e. The Labute approximate surface area is 197 Å². The molecule has 3 saturated carbocycles. The van der Waals surface area contributed by atoms with Crippen LogP contribution in [0.3, 0.4) is 0 Å². The van der Waals surface area contributed by atoms with E-state index in [4.69, 9.17) is 18.9 Å². The van der Waals surface area contributed by atoms with Gasteiger partial charge in [0.2, 0.25) is 0 Å². The smallest absolute Gasteiger partial charge is 0.309 e. The normalized spacial score (nSPS) is 28.4. The van der Waals surface area contributed by atoms with Crippen LogP contribution in [-0.4, -0.2) is 44.8 Å². The Morgan fingerprint density at radius 1 is 1.06 bits per heavy atom. The number of ether oxygens (including phenoxy) is 4. The Balaban J connectivity index is 1.36.